The van der Waals surface area contributed by atoms with E-state index in [1.807, 2.05) is 61.3 Å². The van der Waals surface area contributed by atoms with Crippen LogP contribution < -0.4 is 14.5 Å². The first-order chi connectivity index (χ1) is 15.4. The molecule has 0 saturated heterocycles. The predicted molar refractivity (Wildman–Crippen MR) is 123 cm³/mol. The van der Waals surface area contributed by atoms with Crippen LogP contribution in [-0.2, 0) is 4.79 Å². The van der Waals surface area contributed by atoms with Crippen LogP contribution in [0.2, 0.25) is 0 Å². The summed E-state index contributed by atoms with van der Waals surface area (Å²) >= 11 is 0. The molecule has 1 aliphatic heterocycles. The Balaban J connectivity index is 1.51. The van der Waals surface area contributed by atoms with Crippen molar-refractivity contribution in [3.63, 3.8) is 0 Å². The second-order valence-electron chi connectivity index (χ2n) is 8.67. The van der Waals surface area contributed by atoms with Gasteiger partial charge in [-0.25, -0.2) is 4.79 Å². The van der Waals surface area contributed by atoms with Crippen LogP contribution in [0.5, 0.6) is 5.75 Å². The lowest BCUT2D eigenvalue weighted by atomic mass is 10.0. The van der Waals surface area contributed by atoms with Crippen LogP contribution in [0.3, 0.4) is 0 Å². The number of carbonyl (C=O) groups excluding carboxylic acids is 2. The van der Waals surface area contributed by atoms with E-state index in [1.54, 1.807) is 28.9 Å². The van der Waals surface area contributed by atoms with Crippen LogP contribution in [0.1, 0.15) is 38.3 Å². The van der Waals surface area contributed by atoms with Gasteiger partial charge >= 0.3 is 6.09 Å². The van der Waals surface area contributed by atoms with E-state index in [0.717, 1.165) is 29.5 Å². The van der Waals surface area contributed by atoms with Crippen LogP contribution in [0.25, 0.3) is 11.1 Å². The first-order valence-corrected chi connectivity index (χ1v) is 10.9. The SMILES string of the molecule is CC(=O)N1c2ccc(-c3cnn(C4CC4)c3)cc2N(C(=O)Oc2ccc(C)cc2)CC1C. The zero-order chi connectivity index (χ0) is 22.4. The van der Waals surface area contributed by atoms with Gasteiger partial charge in [0.1, 0.15) is 5.75 Å². The van der Waals surface area contributed by atoms with Crippen molar-refractivity contribution in [2.45, 2.75) is 45.7 Å². The van der Waals surface area contributed by atoms with Gasteiger partial charge in [-0.05, 0) is 56.5 Å². The normalized spacial score (nSPS) is 17.8. The van der Waals surface area contributed by atoms with Crippen molar-refractivity contribution in [3.05, 3.63) is 60.4 Å². The Bertz CT molecular complexity index is 1180. The molecule has 164 valence electrons. The average molecular weight is 431 g/mol. The van der Waals surface area contributed by atoms with E-state index >= 15 is 0 Å². The minimum atomic E-state index is -0.462. The Morgan fingerprint density at radius 1 is 1.03 bits per heavy atom. The molecule has 2 aliphatic rings. The van der Waals surface area contributed by atoms with Crippen LogP contribution in [0.15, 0.2) is 54.9 Å². The molecule has 2 amide bonds. The number of nitrogens with zero attached hydrogens (tertiary/aromatic N) is 4. The number of ether oxygens (including phenoxy) is 1. The lowest BCUT2D eigenvalue weighted by Gasteiger charge is -2.40. The van der Waals surface area contributed by atoms with Gasteiger partial charge in [-0.3, -0.25) is 14.4 Å². The van der Waals surface area contributed by atoms with Gasteiger partial charge in [0.2, 0.25) is 5.91 Å². The number of fused-ring (bicyclic) bond motifs is 1. The minimum Gasteiger partial charge on any atom is -0.410 e. The van der Waals surface area contributed by atoms with Crippen molar-refractivity contribution in [2.24, 2.45) is 0 Å². The molecular formula is C25H26N4O3. The fourth-order valence-corrected chi connectivity index (χ4v) is 4.25. The van der Waals surface area contributed by atoms with Crippen molar-refractivity contribution in [3.8, 4) is 16.9 Å². The topological polar surface area (TPSA) is 67.7 Å². The minimum absolute atomic E-state index is 0.0559. The summed E-state index contributed by atoms with van der Waals surface area (Å²) in [5.74, 6) is 0.435. The molecule has 1 aliphatic carbocycles. The molecule has 0 spiro atoms. The third-order valence-corrected chi connectivity index (χ3v) is 6.05. The van der Waals surface area contributed by atoms with Crippen molar-refractivity contribution >= 4 is 23.4 Å². The number of hydrogen-bond donors (Lipinski definition) is 0. The van der Waals surface area contributed by atoms with E-state index < -0.39 is 6.09 Å². The molecule has 1 unspecified atom stereocenters. The Morgan fingerprint density at radius 2 is 1.78 bits per heavy atom. The molecule has 7 heteroatoms. The Morgan fingerprint density at radius 3 is 2.47 bits per heavy atom. The number of rotatable bonds is 3. The van der Waals surface area contributed by atoms with Crippen LogP contribution in [0.4, 0.5) is 16.2 Å². The van der Waals surface area contributed by atoms with Crippen molar-refractivity contribution < 1.29 is 14.3 Å². The van der Waals surface area contributed by atoms with Crippen molar-refractivity contribution in [1.29, 1.82) is 0 Å². The number of carbonyl (C=O) groups is 2. The second-order valence-corrected chi connectivity index (χ2v) is 8.67. The summed E-state index contributed by atoms with van der Waals surface area (Å²) in [6.07, 6.45) is 5.76. The summed E-state index contributed by atoms with van der Waals surface area (Å²) in [6, 6.07) is 13.5. The molecule has 2 aromatic carbocycles. The molecule has 1 aromatic heterocycles. The lowest BCUT2D eigenvalue weighted by Crippen LogP contribution is -2.52. The fourth-order valence-electron chi connectivity index (χ4n) is 4.25. The molecule has 5 rings (SSSR count). The molecule has 1 atom stereocenters. The number of amides is 2. The fraction of sp³-hybridized carbons (Fsp3) is 0.320. The third kappa shape index (κ3) is 3.75. The van der Waals surface area contributed by atoms with E-state index in [0.29, 0.717) is 29.7 Å². The number of aromatic nitrogens is 2. The summed E-state index contributed by atoms with van der Waals surface area (Å²) in [7, 11) is 0. The lowest BCUT2D eigenvalue weighted by molar-refractivity contribution is -0.117. The zero-order valence-corrected chi connectivity index (χ0v) is 18.5. The highest BCUT2D eigenvalue weighted by Crippen LogP contribution is 2.40. The van der Waals surface area contributed by atoms with Gasteiger partial charge < -0.3 is 9.64 Å². The third-order valence-electron chi connectivity index (χ3n) is 6.05. The molecule has 7 nitrogen and oxygen atoms in total. The molecule has 1 fully saturated rings. The van der Waals surface area contributed by atoms with Gasteiger partial charge in [0.25, 0.3) is 0 Å². The maximum atomic E-state index is 13.2. The van der Waals surface area contributed by atoms with Crippen LogP contribution in [-0.4, -0.2) is 34.4 Å². The quantitative estimate of drug-likeness (QED) is 0.589. The molecule has 0 N–H and O–H groups in total. The van der Waals surface area contributed by atoms with Gasteiger partial charge in [-0.15, -0.1) is 0 Å². The maximum absolute atomic E-state index is 13.2. The van der Waals surface area contributed by atoms with Crippen molar-refractivity contribution in [2.75, 3.05) is 16.3 Å². The highest BCUT2D eigenvalue weighted by molar-refractivity contribution is 6.03. The number of anilines is 2. The first-order valence-electron chi connectivity index (χ1n) is 10.9. The molecule has 3 aromatic rings. The molecule has 0 radical (unpaired) electrons. The Kier molecular flexibility index (Phi) is 4.96. The van der Waals surface area contributed by atoms with E-state index in [1.165, 1.54) is 0 Å². The molecule has 2 heterocycles. The zero-order valence-electron chi connectivity index (χ0n) is 18.5. The number of aryl methyl sites for hydroxylation is 1. The van der Waals surface area contributed by atoms with E-state index in [4.69, 9.17) is 4.74 Å². The highest BCUT2D eigenvalue weighted by atomic mass is 16.6. The van der Waals surface area contributed by atoms with Gasteiger partial charge in [0.15, 0.2) is 0 Å². The standard InChI is InChI=1S/C25H26N4O3/c1-16-4-9-22(10-5-16)32-25(31)27-14-17(2)29(18(3)30)23-11-6-19(12-24(23)27)20-13-26-28(15-20)21-7-8-21/h4-6,9-13,15,17,21H,7-8,14H2,1-3H3. The van der Waals surface area contributed by atoms with Crippen molar-refractivity contribution in [1.82, 2.24) is 9.78 Å². The summed E-state index contributed by atoms with van der Waals surface area (Å²) in [4.78, 5) is 28.9. The monoisotopic (exact) mass is 430 g/mol. The van der Waals surface area contributed by atoms with Gasteiger partial charge in [0, 0.05) is 25.2 Å². The molecule has 0 bridgehead atoms. The summed E-state index contributed by atoms with van der Waals surface area (Å²) in [5, 5.41) is 4.49. The van der Waals surface area contributed by atoms with Gasteiger partial charge in [-0.2, -0.15) is 5.10 Å². The molecule has 1 saturated carbocycles. The first kappa shape index (κ1) is 20.3. The predicted octanol–water partition coefficient (Wildman–Crippen LogP) is 4.95. The van der Waals surface area contributed by atoms with E-state index in [9.17, 15) is 9.59 Å². The van der Waals surface area contributed by atoms with Crippen LogP contribution >= 0.6 is 0 Å². The number of hydrogen-bond acceptors (Lipinski definition) is 4. The Hall–Kier alpha value is -3.61. The maximum Gasteiger partial charge on any atom is 0.419 e. The Labute approximate surface area is 187 Å². The van der Waals surface area contributed by atoms with E-state index in [-0.39, 0.29) is 11.9 Å². The average Bonchev–Trinajstić information content (AvgIpc) is 3.50. The summed E-state index contributed by atoms with van der Waals surface area (Å²) in [6.45, 7) is 5.82. The van der Waals surface area contributed by atoms with Gasteiger partial charge in [0.05, 0.1) is 29.7 Å². The van der Waals surface area contributed by atoms with Gasteiger partial charge in [-0.1, -0.05) is 23.8 Å². The molecular weight excluding hydrogens is 404 g/mol. The smallest absolute Gasteiger partial charge is 0.410 e. The number of benzene rings is 2. The largest absolute Gasteiger partial charge is 0.419 e. The van der Waals surface area contributed by atoms with E-state index in [2.05, 4.69) is 5.10 Å². The highest BCUT2D eigenvalue weighted by Gasteiger charge is 2.35. The molecule has 32 heavy (non-hydrogen) atoms. The second kappa shape index (κ2) is 7.82. The van der Waals surface area contributed by atoms with Crippen LogP contribution in [0, 0.1) is 6.92 Å². The summed E-state index contributed by atoms with van der Waals surface area (Å²) in [5.41, 5.74) is 4.39. The summed E-state index contributed by atoms with van der Waals surface area (Å²) < 4.78 is 7.67.